The standard InChI is InChI=1S/C12H19BrN2O4S2/c1-4-14-9(2)8-15-21(18,19)12-6-5-10(7-11(12)13)20(3,16)17/h5-7,9,14-15H,4,8H2,1-3H3/t9-/m1/s1. The minimum atomic E-state index is -3.70. The average molecular weight is 399 g/mol. The van der Waals surface area contributed by atoms with Crippen LogP contribution in [-0.2, 0) is 19.9 Å². The summed E-state index contributed by atoms with van der Waals surface area (Å²) in [6.45, 7) is 4.80. The van der Waals surface area contributed by atoms with Crippen molar-refractivity contribution in [2.24, 2.45) is 0 Å². The van der Waals surface area contributed by atoms with Gasteiger partial charge in [-0.3, -0.25) is 0 Å². The number of hydrogen-bond donors (Lipinski definition) is 2. The van der Waals surface area contributed by atoms with E-state index in [1.165, 1.54) is 18.2 Å². The maximum atomic E-state index is 12.2. The molecule has 0 bridgehead atoms. The van der Waals surface area contributed by atoms with Crippen molar-refractivity contribution in [2.45, 2.75) is 29.7 Å². The van der Waals surface area contributed by atoms with E-state index in [4.69, 9.17) is 0 Å². The molecule has 0 aliphatic heterocycles. The van der Waals surface area contributed by atoms with Crippen LogP contribution in [0.5, 0.6) is 0 Å². The zero-order valence-corrected chi connectivity index (χ0v) is 15.3. The van der Waals surface area contributed by atoms with Crippen molar-refractivity contribution >= 4 is 35.8 Å². The molecular weight excluding hydrogens is 380 g/mol. The summed E-state index contributed by atoms with van der Waals surface area (Å²) in [4.78, 5) is 0.0768. The fraction of sp³-hybridized carbons (Fsp3) is 0.500. The van der Waals surface area contributed by atoms with E-state index in [9.17, 15) is 16.8 Å². The van der Waals surface area contributed by atoms with Gasteiger partial charge in [-0.25, -0.2) is 21.6 Å². The monoisotopic (exact) mass is 398 g/mol. The van der Waals surface area contributed by atoms with E-state index in [0.29, 0.717) is 0 Å². The van der Waals surface area contributed by atoms with Crippen LogP contribution in [0.4, 0.5) is 0 Å². The second-order valence-corrected chi connectivity index (χ2v) is 9.28. The third-order valence-corrected chi connectivity index (χ3v) is 6.26. The Bertz CT molecular complexity index is 702. The molecule has 120 valence electrons. The number of benzene rings is 1. The molecule has 9 heteroatoms. The summed E-state index contributed by atoms with van der Waals surface area (Å²) in [5.74, 6) is 0. The summed E-state index contributed by atoms with van der Waals surface area (Å²) in [6, 6.07) is 3.85. The summed E-state index contributed by atoms with van der Waals surface area (Å²) in [5, 5.41) is 3.10. The first-order valence-electron chi connectivity index (χ1n) is 6.30. The van der Waals surface area contributed by atoms with Crippen LogP contribution >= 0.6 is 15.9 Å². The number of rotatable bonds is 7. The van der Waals surface area contributed by atoms with Crippen LogP contribution in [0.15, 0.2) is 32.5 Å². The Morgan fingerprint density at radius 3 is 2.33 bits per heavy atom. The quantitative estimate of drug-likeness (QED) is 0.717. The van der Waals surface area contributed by atoms with E-state index in [2.05, 4.69) is 26.0 Å². The van der Waals surface area contributed by atoms with Crippen molar-refractivity contribution in [3.8, 4) is 0 Å². The largest absolute Gasteiger partial charge is 0.313 e. The smallest absolute Gasteiger partial charge is 0.241 e. The molecule has 2 N–H and O–H groups in total. The van der Waals surface area contributed by atoms with Crippen LogP contribution in [0.25, 0.3) is 0 Å². The van der Waals surface area contributed by atoms with E-state index in [1.807, 2.05) is 13.8 Å². The van der Waals surface area contributed by atoms with E-state index in [-0.39, 0.29) is 26.9 Å². The Kier molecular flexibility index (Phi) is 6.36. The van der Waals surface area contributed by atoms with E-state index in [1.54, 1.807) is 0 Å². The van der Waals surface area contributed by atoms with E-state index >= 15 is 0 Å². The molecule has 0 aliphatic carbocycles. The SMILES string of the molecule is CCN[C@H](C)CNS(=O)(=O)c1ccc(S(C)(=O)=O)cc1Br. The van der Waals surface area contributed by atoms with Gasteiger partial charge >= 0.3 is 0 Å². The number of likely N-dealkylation sites (N-methyl/N-ethyl adjacent to an activating group) is 1. The van der Waals surface area contributed by atoms with Gasteiger partial charge in [-0.05, 0) is 47.6 Å². The lowest BCUT2D eigenvalue weighted by molar-refractivity contribution is 0.536. The fourth-order valence-corrected chi connectivity index (χ4v) is 4.67. The Labute approximate surface area is 134 Å². The molecule has 0 saturated heterocycles. The molecule has 6 nitrogen and oxygen atoms in total. The van der Waals surface area contributed by atoms with Gasteiger partial charge in [0.2, 0.25) is 10.0 Å². The van der Waals surface area contributed by atoms with Gasteiger partial charge in [0.25, 0.3) is 0 Å². The summed E-state index contributed by atoms with van der Waals surface area (Å²) in [6.07, 6.45) is 1.07. The normalized spacial score (nSPS) is 14.1. The maximum Gasteiger partial charge on any atom is 0.241 e. The summed E-state index contributed by atoms with van der Waals surface area (Å²) in [5.41, 5.74) is 0. The van der Waals surface area contributed by atoms with E-state index < -0.39 is 19.9 Å². The first-order valence-corrected chi connectivity index (χ1v) is 10.5. The molecule has 1 aromatic rings. The highest BCUT2D eigenvalue weighted by Gasteiger charge is 2.20. The van der Waals surface area contributed by atoms with Gasteiger partial charge in [0, 0.05) is 23.3 Å². The second kappa shape index (κ2) is 7.19. The number of sulfonamides is 1. The molecule has 0 fully saturated rings. The Hall–Kier alpha value is -0.480. The molecule has 0 unspecified atom stereocenters. The van der Waals surface area contributed by atoms with Gasteiger partial charge in [-0.15, -0.1) is 0 Å². The zero-order valence-electron chi connectivity index (χ0n) is 12.1. The topological polar surface area (TPSA) is 92.3 Å². The minimum Gasteiger partial charge on any atom is -0.313 e. The highest BCUT2D eigenvalue weighted by atomic mass is 79.9. The van der Waals surface area contributed by atoms with Gasteiger partial charge in [0.15, 0.2) is 9.84 Å². The predicted molar refractivity (Wildman–Crippen MR) is 85.6 cm³/mol. The first-order chi connectivity index (χ1) is 9.58. The number of nitrogens with one attached hydrogen (secondary N) is 2. The van der Waals surface area contributed by atoms with Crippen molar-refractivity contribution in [3.05, 3.63) is 22.7 Å². The van der Waals surface area contributed by atoms with Gasteiger partial charge in [0.05, 0.1) is 9.79 Å². The summed E-state index contributed by atoms with van der Waals surface area (Å²) >= 11 is 3.11. The molecule has 21 heavy (non-hydrogen) atoms. The minimum absolute atomic E-state index is 0.00107. The van der Waals surface area contributed by atoms with Crippen LogP contribution in [0.2, 0.25) is 0 Å². The molecule has 0 spiro atoms. The van der Waals surface area contributed by atoms with Crippen molar-refractivity contribution in [3.63, 3.8) is 0 Å². The first kappa shape index (κ1) is 18.6. The van der Waals surface area contributed by atoms with Crippen LogP contribution in [-0.4, -0.2) is 42.2 Å². The van der Waals surface area contributed by atoms with Crippen LogP contribution < -0.4 is 10.0 Å². The van der Waals surface area contributed by atoms with E-state index in [0.717, 1.165) is 12.8 Å². The second-order valence-electron chi connectivity index (χ2n) is 4.68. The molecule has 0 amide bonds. The molecule has 0 saturated carbocycles. The number of hydrogen-bond acceptors (Lipinski definition) is 5. The Morgan fingerprint density at radius 1 is 1.24 bits per heavy atom. The lowest BCUT2D eigenvalue weighted by Crippen LogP contribution is -2.38. The van der Waals surface area contributed by atoms with Crippen LogP contribution in [0.3, 0.4) is 0 Å². The third-order valence-electron chi connectivity index (χ3n) is 2.75. The average Bonchev–Trinajstić information content (AvgIpc) is 2.35. The van der Waals surface area contributed by atoms with Gasteiger partial charge in [-0.2, -0.15) is 0 Å². The molecule has 0 heterocycles. The third kappa shape index (κ3) is 5.33. The molecule has 0 radical (unpaired) electrons. The molecule has 1 atom stereocenters. The van der Waals surface area contributed by atoms with Crippen LogP contribution in [0.1, 0.15) is 13.8 Å². The number of halogens is 1. The van der Waals surface area contributed by atoms with Crippen molar-refractivity contribution in [1.82, 2.24) is 10.0 Å². The summed E-state index contributed by atoms with van der Waals surface area (Å²) in [7, 11) is -7.07. The zero-order chi connectivity index (χ0) is 16.3. The molecule has 1 rings (SSSR count). The van der Waals surface area contributed by atoms with Crippen molar-refractivity contribution in [1.29, 1.82) is 0 Å². The van der Waals surface area contributed by atoms with Gasteiger partial charge in [-0.1, -0.05) is 6.92 Å². The summed E-state index contributed by atoms with van der Waals surface area (Å²) < 4.78 is 50.0. The Balaban J connectivity index is 2.99. The van der Waals surface area contributed by atoms with Gasteiger partial charge < -0.3 is 5.32 Å². The van der Waals surface area contributed by atoms with Crippen LogP contribution in [0, 0.1) is 0 Å². The maximum absolute atomic E-state index is 12.2. The molecule has 0 aromatic heterocycles. The Morgan fingerprint density at radius 2 is 1.86 bits per heavy atom. The lowest BCUT2D eigenvalue weighted by Gasteiger charge is -2.14. The predicted octanol–water partition coefficient (Wildman–Crippen LogP) is 1.13. The lowest BCUT2D eigenvalue weighted by atomic mass is 10.3. The highest BCUT2D eigenvalue weighted by Crippen LogP contribution is 2.25. The fourth-order valence-electron chi connectivity index (χ4n) is 1.66. The molecule has 1 aromatic carbocycles. The molecule has 0 aliphatic rings. The highest BCUT2D eigenvalue weighted by molar-refractivity contribution is 9.10. The van der Waals surface area contributed by atoms with Gasteiger partial charge in [0.1, 0.15) is 0 Å². The van der Waals surface area contributed by atoms with Crippen molar-refractivity contribution in [2.75, 3.05) is 19.3 Å². The molecular formula is C12H19BrN2O4S2. The van der Waals surface area contributed by atoms with Crippen molar-refractivity contribution < 1.29 is 16.8 Å². The number of sulfone groups is 1.